The molecule has 0 fully saturated rings. The van der Waals surface area contributed by atoms with Gasteiger partial charge in [-0.25, -0.2) is 0 Å². The third kappa shape index (κ3) is 3.43. The molecule has 0 aromatic carbocycles. The molecule has 3 N–H and O–H groups in total. The second kappa shape index (κ2) is 5.77. The third-order valence-corrected chi connectivity index (χ3v) is 2.51. The van der Waals surface area contributed by atoms with E-state index < -0.39 is 0 Å². The predicted molar refractivity (Wildman–Crippen MR) is 69.7 cm³/mol. The zero-order valence-electron chi connectivity index (χ0n) is 9.55. The van der Waals surface area contributed by atoms with E-state index in [9.17, 15) is 5.11 Å². The van der Waals surface area contributed by atoms with Gasteiger partial charge in [0.15, 0.2) is 0 Å². The Kier molecular flexibility index (Phi) is 4.64. The molecular weight excluding hydrogens is 222 g/mol. The molecule has 1 unspecified atom stereocenters. The van der Waals surface area contributed by atoms with Crippen molar-refractivity contribution >= 4 is 22.9 Å². The van der Waals surface area contributed by atoms with Crippen LogP contribution in [0.25, 0.3) is 0 Å². The highest BCUT2D eigenvalue weighted by Crippen LogP contribution is 2.17. The average molecular weight is 239 g/mol. The molecule has 0 aliphatic heterocycles. The number of rotatable bonds is 5. The van der Waals surface area contributed by atoms with Gasteiger partial charge in [-0.2, -0.15) is 0 Å². The molecule has 5 heteroatoms. The highest BCUT2D eigenvalue weighted by Gasteiger charge is 2.10. The van der Waals surface area contributed by atoms with Crippen LogP contribution < -0.4 is 10.6 Å². The van der Waals surface area contributed by atoms with Crippen molar-refractivity contribution in [1.82, 2.24) is 4.98 Å². The molecular formula is C11H17N3OS. The number of nitrogens with two attached hydrogens (primary N) is 1. The van der Waals surface area contributed by atoms with Crippen molar-refractivity contribution in [2.24, 2.45) is 5.73 Å². The van der Waals surface area contributed by atoms with Crippen LogP contribution in [0.15, 0.2) is 18.3 Å². The second-order valence-corrected chi connectivity index (χ2v) is 4.23. The van der Waals surface area contributed by atoms with E-state index >= 15 is 0 Å². The molecule has 0 bridgehead atoms. The van der Waals surface area contributed by atoms with Crippen LogP contribution in [0.4, 0.5) is 5.69 Å². The molecule has 16 heavy (non-hydrogen) atoms. The maximum atomic E-state index is 9.23. The lowest BCUT2D eigenvalue weighted by molar-refractivity contribution is 0.187. The predicted octanol–water partition coefficient (Wildman–Crippen LogP) is 0.923. The van der Waals surface area contributed by atoms with Crippen LogP contribution in [-0.4, -0.2) is 34.8 Å². The summed E-state index contributed by atoms with van der Waals surface area (Å²) in [4.78, 5) is 6.44. The number of aliphatic hydroxyl groups is 1. The Morgan fingerprint density at radius 3 is 2.94 bits per heavy atom. The normalized spacial score (nSPS) is 12.2. The number of anilines is 1. The monoisotopic (exact) mass is 239 g/mol. The number of thiocarbonyl (C=S) groups is 1. The minimum absolute atomic E-state index is 0.291. The van der Waals surface area contributed by atoms with Crippen LogP contribution >= 0.6 is 12.2 Å². The molecule has 1 atom stereocenters. The first kappa shape index (κ1) is 12.9. The fourth-order valence-corrected chi connectivity index (χ4v) is 1.55. The van der Waals surface area contributed by atoms with Crippen LogP contribution in [0.1, 0.15) is 19.0 Å². The molecule has 0 spiro atoms. The van der Waals surface area contributed by atoms with Crippen LogP contribution in [0.3, 0.4) is 0 Å². The summed E-state index contributed by atoms with van der Waals surface area (Å²) in [5, 5.41) is 9.23. The largest absolute Gasteiger partial charge is 0.393 e. The van der Waals surface area contributed by atoms with Gasteiger partial charge in [-0.1, -0.05) is 12.2 Å². The van der Waals surface area contributed by atoms with Gasteiger partial charge in [0, 0.05) is 19.8 Å². The summed E-state index contributed by atoms with van der Waals surface area (Å²) >= 11 is 4.94. The Morgan fingerprint density at radius 1 is 1.69 bits per heavy atom. The van der Waals surface area contributed by atoms with E-state index in [0.29, 0.717) is 17.1 Å². The van der Waals surface area contributed by atoms with Crippen molar-refractivity contribution in [3.63, 3.8) is 0 Å². The van der Waals surface area contributed by atoms with Crippen LogP contribution in [0.5, 0.6) is 0 Å². The smallest absolute Gasteiger partial charge is 0.124 e. The summed E-state index contributed by atoms with van der Waals surface area (Å²) in [7, 11) is 1.93. The molecule has 0 aliphatic carbocycles. The Hall–Kier alpha value is -1.20. The topological polar surface area (TPSA) is 62.4 Å². The van der Waals surface area contributed by atoms with E-state index in [1.807, 2.05) is 24.1 Å². The first-order valence-electron chi connectivity index (χ1n) is 5.16. The second-order valence-electron chi connectivity index (χ2n) is 3.79. The molecule has 0 amide bonds. The van der Waals surface area contributed by atoms with Crippen molar-refractivity contribution in [2.75, 3.05) is 18.5 Å². The Bertz CT molecular complexity index is 368. The van der Waals surface area contributed by atoms with E-state index in [4.69, 9.17) is 18.0 Å². The minimum atomic E-state index is -0.313. The van der Waals surface area contributed by atoms with E-state index in [2.05, 4.69) is 4.98 Å². The summed E-state index contributed by atoms with van der Waals surface area (Å²) in [6, 6.07) is 3.76. The highest BCUT2D eigenvalue weighted by atomic mass is 32.1. The zero-order chi connectivity index (χ0) is 12.1. The molecule has 1 heterocycles. The van der Waals surface area contributed by atoms with E-state index in [0.717, 1.165) is 12.2 Å². The lowest BCUT2D eigenvalue weighted by Crippen LogP contribution is -2.25. The number of nitrogens with zero attached hydrogens (tertiary/aromatic N) is 2. The lowest BCUT2D eigenvalue weighted by Gasteiger charge is -2.21. The number of hydrogen-bond acceptors (Lipinski definition) is 4. The summed E-state index contributed by atoms with van der Waals surface area (Å²) < 4.78 is 0. The SMILES string of the molecule is CC(O)CCN(C)c1cccnc1C(N)=S. The summed E-state index contributed by atoms with van der Waals surface area (Å²) in [6.45, 7) is 2.50. The quantitative estimate of drug-likeness (QED) is 0.748. The lowest BCUT2D eigenvalue weighted by atomic mass is 10.2. The Labute approximate surface area is 101 Å². The van der Waals surface area contributed by atoms with Gasteiger partial charge in [0.1, 0.15) is 10.7 Å². The molecule has 0 saturated carbocycles. The molecule has 0 aliphatic rings. The summed E-state index contributed by atoms with van der Waals surface area (Å²) in [5.74, 6) is 0. The van der Waals surface area contributed by atoms with Gasteiger partial charge in [-0.3, -0.25) is 4.98 Å². The number of aromatic nitrogens is 1. The minimum Gasteiger partial charge on any atom is -0.393 e. The van der Waals surface area contributed by atoms with Crippen molar-refractivity contribution < 1.29 is 5.11 Å². The first-order valence-corrected chi connectivity index (χ1v) is 5.57. The average Bonchev–Trinajstić information content (AvgIpc) is 2.25. The van der Waals surface area contributed by atoms with Crippen molar-refractivity contribution in [2.45, 2.75) is 19.4 Å². The standard InChI is InChI=1S/C11H17N3OS/c1-8(15)5-7-14(2)9-4-3-6-13-10(9)11(12)16/h3-4,6,8,15H,5,7H2,1-2H3,(H2,12,16). The van der Waals surface area contributed by atoms with E-state index in [1.54, 1.807) is 13.1 Å². The third-order valence-electron chi connectivity index (χ3n) is 2.31. The zero-order valence-corrected chi connectivity index (χ0v) is 10.4. The van der Waals surface area contributed by atoms with Gasteiger partial charge in [0.25, 0.3) is 0 Å². The van der Waals surface area contributed by atoms with Crippen molar-refractivity contribution in [3.05, 3.63) is 24.0 Å². The molecule has 88 valence electrons. The fourth-order valence-electron chi connectivity index (χ4n) is 1.40. The summed E-state index contributed by atoms with van der Waals surface area (Å²) in [6.07, 6.45) is 2.05. The van der Waals surface area contributed by atoms with E-state index in [-0.39, 0.29) is 6.10 Å². The van der Waals surface area contributed by atoms with Crippen molar-refractivity contribution in [1.29, 1.82) is 0 Å². The molecule has 4 nitrogen and oxygen atoms in total. The molecule has 1 rings (SSSR count). The fraction of sp³-hybridized carbons (Fsp3) is 0.455. The molecule has 0 radical (unpaired) electrons. The number of hydrogen-bond donors (Lipinski definition) is 2. The molecule has 1 aromatic rings. The first-order chi connectivity index (χ1) is 7.52. The van der Waals surface area contributed by atoms with Gasteiger partial charge < -0.3 is 15.7 Å². The Balaban J connectivity index is 2.82. The number of aliphatic hydroxyl groups excluding tert-OH is 1. The molecule has 0 saturated heterocycles. The Morgan fingerprint density at radius 2 is 2.38 bits per heavy atom. The number of pyridine rings is 1. The highest BCUT2D eigenvalue weighted by molar-refractivity contribution is 7.80. The maximum absolute atomic E-state index is 9.23. The van der Waals surface area contributed by atoms with Crippen LogP contribution in [0.2, 0.25) is 0 Å². The summed E-state index contributed by atoms with van der Waals surface area (Å²) in [5.41, 5.74) is 7.13. The van der Waals surface area contributed by atoms with Gasteiger partial charge in [0.2, 0.25) is 0 Å². The molecule has 1 aromatic heterocycles. The van der Waals surface area contributed by atoms with Gasteiger partial charge in [0.05, 0.1) is 11.8 Å². The van der Waals surface area contributed by atoms with Crippen LogP contribution in [0, 0.1) is 0 Å². The van der Waals surface area contributed by atoms with Crippen LogP contribution in [-0.2, 0) is 0 Å². The van der Waals surface area contributed by atoms with Gasteiger partial charge >= 0.3 is 0 Å². The van der Waals surface area contributed by atoms with E-state index in [1.165, 1.54) is 0 Å². The van der Waals surface area contributed by atoms with Gasteiger partial charge in [-0.15, -0.1) is 0 Å². The van der Waals surface area contributed by atoms with Gasteiger partial charge in [-0.05, 0) is 25.5 Å². The maximum Gasteiger partial charge on any atom is 0.124 e. The van der Waals surface area contributed by atoms with Crippen molar-refractivity contribution in [3.8, 4) is 0 Å².